The Morgan fingerprint density at radius 2 is 1.78 bits per heavy atom. The summed E-state index contributed by atoms with van der Waals surface area (Å²) in [6, 6.07) is 11.7. The number of nitrogens with one attached hydrogen (secondary N) is 1. The van der Waals surface area contributed by atoms with Gasteiger partial charge in [0, 0.05) is 43.6 Å². The Labute approximate surface area is 163 Å². The third kappa shape index (κ3) is 4.38. The van der Waals surface area contributed by atoms with Gasteiger partial charge in [0.2, 0.25) is 5.91 Å². The SMILES string of the molecule is NC[C@H]1CC[C@@H](CC(=O)NCC2(c3ccccc3)CCCC2)N1CC1CC1. The zero-order chi connectivity index (χ0) is 18.7. The molecular formula is C23H35N3O. The van der Waals surface area contributed by atoms with Crippen molar-refractivity contribution in [3.8, 4) is 0 Å². The van der Waals surface area contributed by atoms with Gasteiger partial charge < -0.3 is 11.1 Å². The van der Waals surface area contributed by atoms with Gasteiger partial charge in [0.1, 0.15) is 0 Å². The Bertz CT molecular complexity index is 622. The van der Waals surface area contributed by atoms with Crippen LogP contribution in [0, 0.1) is 5.92 Å². The molecule has 3 fully saturated rings. The zero-order valence-electron chi connectivity index (χ0n) is 16.5. The lowest BCUT2D eigenvalue weighted by atomic mass is 9.79. The lowest BCUT2D eigenvalue weighted by Gasteiger charge is -2.32. The zero-order valence-corrected chi connectivity index (χ0v) is 16.5. The maximum absolute atomic E-state index is 12.8. The summed E-state index contributed by atoms with van der Waals surface area (Å²) in [4.78, 5) is 15.4. The van der Waals surface area contributed by atoms with E-state index in [-0.39, 0.29) is 11.3 Å². The fourth-order valence-corrected chi connectivity index (χ4v) is 5.35. The molecule has 1 saturated heterocycles. The highest BCUT2D eigenvalue weighted by Crippen LogP contribution is 2.40. The fraction of sp³-hybridized carbons (Fsp3) is 0.696. The van der Waals surface area contributed by atoms with Crippen LogP contribution in [0.1, 0.15) is 63.4 Å². The van der Waals surface area contributed by atoms with E-state index in [0.29, 0.717) is 18.5 Å². The standard InChI is InChI=1S/C23H35N3O/c24-15-21-11-10-20(26(21)16-18-8-9-18)14-22(27)25-17-23(12-4-5-13-23)19-6-2-1-3-7-19/h1-3,6-7,18,20-21H,4-5,8-17,24H2,(H,25,27)/t20-,21+/m0/s1. The van der Waals surface area contributed by atoms with Crippen LogP contribution in [-0.4, -0.2) is 42.5 Å². The normalized spacial score (nSPS) is 27.7. The molecule has 0 spiro atoms. The number of rotatable bonds is 8. The lowest BCUT2D eigenvalue weighted by Crippen LogP contribution is -2.45. The van der Waals surface area contributed by atoms with Gasteiger partial charge in [-0.05, 0) is 50.0 Å². The number of hydrogen-bond acceptors (Lipinski definition) is 3. The topological polar surface area (TPSA) is 58.4 Å². The first-order valence-electron chi connectivity index (χ1n) is 11.0. The maximum atomic E-state index is 12.8. The van der Waals surface area contributed by atoms with Crippen molar-refractivity contribution in [2.24, 2.45) is 11.7 Å². The van der Waals surface area contributed by atoms with Crippen LogP contribution in [0.4, 0.5) is 0 Å². The van der Waals surface area contributed by atoms with E-state index in [0.717, 1.165) is 38.4 Å². The largest absolute Gasteiger partial charge is 0.355 e. The van der Waals surface area contributed by atoms with Crippen LogP contribution in [0.5, 0.6) is 0 Å². The number of hydrogen-bond donors (Lipinski definition) is 2. The molecule has 2 saturated carbocycles. The summed E-state index contributed by atoms with van der Waals surface area (Å²) in [7, 11) is 0. The van der Waals surface area contributed by atoms with Crippen molar-refractivity contribution in [3.63, 3.8) is 0 Å². The van der Waals surface area contributed by atoms with Crippen LogP contribution in [0.2, 0.25) is 0 Å². The Morgan fingerprint density at radius 3 is 2.44 bits per heavy atom. The van der Waals surface area contributed by atoms with Crippen LogP contribution in [-0.2, 0) is 10.2 Å². The summed E-state index contributed by atoms with van der Waals surface area (Å²) in [6.07, 6.45) is 10.5. The summed E-state index contributed by atoms with van der Waals surface area (Å²) in [5.74, 6) is 1.07. The first-order chi connectivity index (χ1) is 13.2. The molecule has 148 valence electrons. The number of amides is 1. The minimum absolute atomic E-state index is 0.139. The smallest absolute Gasteiger partial charge is 0.221 e. The molecular weight excluding hydrogens is 334 g/mol. The molecule has 4 rings (SSSR count). The fourth-order valence-electron chi connectivity index (χ4n) is 5.35. The van der Waals surface area contributed by atoms with Crippen LogP contribution in [0.3, 0.4) is 0 Å². The predicted molar refractivity (Wildman–Crippen MR) is 110 cm³/mol. The van der Waals surface area contributed by atoms with E-state index >= 15 is 0 Å². The number of likely N-dealkylation sites (tertiary alicyclic amines) is 1. The third-order valence-corrected chi connectivity index (χ3v) is 7.20. The van der Waals surface area contributed by atoms with Gasteiger partial charge in [-0.3, -0.25) is 9.69 Å². The van der Waals surface area contributed by atoms with E-state index in [1.807, 2.05) is 0 Å². The molecule has 0 aromatic heterocycles. The van der Waals surface area contributed by atoms with E-state index in [4.69, 9.17) is 5.73 Å². The molecule has 1 heterocycles. The molecule has 1 amide bonds. The van der Waals surface area contributed by atoms with Crippen LogP contribution in [0.15, 0.2) is 30.3 Å². The van der Waals surface area contributed by atoms with Gasteiger partial charge in [0.25, 0.3) is 0 Å². The summed E-state index contributed by atoms with van der Waals surface area (Å²) >= 11 is 0. The van der Waals surface area contributed by atoms with E-state index < -0.39 is 0 Å². The molecule has 0 unspecified atom stereocenters. The van der Waals surface area contributed by atoms with Crippen LogP contribution < -0.4 is 11.1 Å². The molecule has 1 aromatic carbocycles. The van der Waals surface area contributed by atoms with Gasteiger partial charge in [0.15, 0.2) is 0 Å². The van der Waals surface area contributed by atoms with Crippen molar-refractivity contribution >= 4 is 5.91 Å². The Balaban J connectivity index is 1.34. The summed E-state index contributed by atoms with van der Waals surface area (Å²) in [5.41, 5.74) is 7.52. The first kappa shape index (κ1) is 18.9. The predicted octanol–water partition coefficient (Wildman–Crippen LogP) is 3.21. The van der Waals surface area contributed by atoms with Gasteiger partial charge in [-0.25, -0.2) is 0 Å². The molecule has 27 heavy (non-hydrogen) atoms. The Morgan fingerprint density at radius 1 is 1.07 bits per heavy atom. The number of carbonyl (C=O) groups is 1. The molecule has 4 heteroatoms. The minimum atomic E-state index is 0.139. The molecule has 0 bridgehead atoms. The maximum Gasteiger partial charge on any atom is 0.221 e. The van der Waals surface area contributed by atoms with E-state index in [2.05, 4.69) is 40.5 Å². The summed E-state index contributed by atoms with van der Waals surface area (Å²) in [6.45, 7) is 2.65. The van der Waals surface area contributed by atoms with Crippen LogP contribution >= 0.6 is 0 Å². The molecule has 2 atom stereocenters. The van der Waals surface area contributed by atoms with Gasteiger partial charge in [-0.15, -0.1) is 0 Å². The molecule has 0 radical (unpaired) electrons. The van der Waals surface area contributed by atoms with Gasteiger partial charge in [-0.1, -0.05) is 43.2 Å². The van der Waals surface area contributed by atoms with Gasteiger partial charge in [0.05, 0.1) is 0 Å². The highest BCUT2D eigenvalue weighted by Gasteiger charge is 2.38. The van der Waals surface area contributed by atoms with Gasteiger partial charge in [-0.2, -0.15) is 0 Å². The van der Waals surface area contributed by atoms with E-state index in [1.54, 1.807) is 0 Å². The lowest BCUT2D eigenvalue weighted by molar-refractivity contribution is -0.122. The van der Waals surface area contributed by atoms with Crippen molar-refractivity contribution < 1.29 is 4.79 Å². The average Bonchev–Trinajstić information content (AvgIpc) is 3.25. The monoisotopic (exact) mass is 369 g/mol. The number of nitrogens with two attached hydrogens (primary N) is 1. The second kappa shape index (κ2) is 8.32. The number of benzene rings is 1. The average molecular weight is 370 g/mol. The van der Waals surface area contributed by atoms with Crippen molar-refractivity contribution in [1.82, 2.24) is 10.2 Å². The molecule has 1 aliphatic heterocycles. The Kier molecular flexibility index (Phi) is 5.84. The van der Waals surface area contributed by atoms with Gasteiger partial charge >= 0.3 is 0 Å². The summed E-state index contributed by atoms with van der Waals surface area (Å²) < 4.78 is 0. The van der Waals surface area contributed by atoms with Crippen LogP contribution in [0.25, 0.3) is 0 Å². The summed E-state index contributed by atoms with van der Waals surface area (Å²) in [5, 5.41) is 3.32. The molecule has 4 nitrogen and oxygen atoms in total. The van der Waals surface area contributed by atoms with Crippen molar-refractivity contribution in [3.05, 3.63) is 35.9 Å². The second-order valence-electron chi connectivity index (χ2n) is 9.10. The molecule has 3 aliphatic rings. The second-order valence-corrected chi connectivity index (χ2v) is 9.10. The highest BCUT2D eigenvalue weighted by atomic mass is 16.1. The van der Waals surface area contributed by atoms with Crippen molar-refractivity contribution in [1.29, 1.82) is 0 Å². The first-order valence-corrected chi connectivity index (χ1v) is 11.0. The quantitative estimate of drug-likeness (QED) is 0.740. The number of nitrogens with zero attached hydrogens (tertiary/aromatic N) is 1. The minimum Gasteiger partial charge on any atom is -0.355 e. The molecule has 1 aromatic rings. The Hall–Kier alpha value is -1.39. The van der Waals surface area contributed by atoms with Crippen molar-refractivity contribution in [2.45, 2.75) is 75.3 Å². The van der Waals surface area contributed by atoms with E-state index in [1.165, 1.54) is 44.1 Å². The van der Waals surface area contributed by atoms with Crippen molar-refractivity contribution in [2.75, 3.05) is 19.6 Å². The highest BCUT2D eigenvalue weighted by molar-refractivity contribution is 5.76. The number of carbonyl (C=O) groups excluding carboxylic acids is 1. The molecule has 3 N–H and O–H groups in total. The van der Waals surface area contributed by atoms with E-state index in [9.17, 15) is 4.79 Å². The third-order valence-electron chi connectivity index (χ3n) is 7.20. The molecule has 2 aliphatic carbocycles.